The number of hydrogen-bond donors (Lipinski definition) is 3. The number of aromatic hydroxyl groups is 1. The van der Waals surface area contributed by atoms with Crippen molar-refractivity contribution < 1.29 is 5.11 Å². The number of phenolic OH excluding ortho intramolecular Hbond substituents is 1. The molecule has 3 nitrogen and oxygen atoms in total. The number of benzene rings is 1. The molecule has 0 heterocycles. The molecule has 0 saturated heterocycles. The summed E-state index contributed by atoms with van der Waals surface area (Å²) in [7, 11) is 0. The van der Waals surface area contributed by atoms with Crippen LogP contribution in [0.25, 0.3) is 0 Å². The predicted molar refractivity (Wildman–Crippen MR) is 37.5 cm³/mol. The fourth-order valence-corrected chi connectivity index (χ4v) is 0.488. The number of nitrogens with two attached hydrogens (primary N) is 1. The molecule has 0 aromatic heterocycles. The maximum Gasteiger partial charge on any atom is 0.138 e. The highest BCUT2D eigenvalue weighted by Gasteiger charge is 1.87. The zero-order valence-electron chi connectivity index (χ0n) is 5.04. The molecule has 0 fully saturated rings. The van der Waals surface area contributed by atoms with E-state index in [0.29, 0.717) is 5.69 Å². The molecule has 0 unspecified atom stereocenters. The SMILES string of the molecule is N.Nc1ccccc1O. The lowest BCUT2D eigenvalue weighted by Gasteiger charge is -1.92. The molecule has 0 spiro atoms. The highest BCUT2D eigenvalue weighted by Crippen LogP contribution is 2.16. The summed E-state index contributed by atoms with van der Waals surface area (Å²) in [5.41, 5.74) is 5.69. The van der Waals surface area contributed by atoms with Crippen LogP contribution in [-0.2, 0) is 0 Å². The molecule has 1 rings (SSSR count). The van der Waals surface area contributed by atoms with Gasteiger partial charge in [-0.1, -0.05) is 12.1 Å². The summed E-state index contributed by atoms with van der Waals surface area (Å²) >= 11 is 0. The summed E-state index contributed by atoms with van der Waals surface area (Å²) in [4.78, 5) is 0. The molecule has 0 aliphatic rings. The predicted octanol–water partition coefficient (Wildman–Crippen LogP) is 1.14. The van der Waals surface area contributed by atoms with E-state index in [1.165, 1.54) is 0 Å². The Morgan fingerprint density at radius 2 is 1.78 bits per heavy atom. The van der Waals surface area contributed by atoms with Crippen LogP contribution in [-0.4, -0.2) is 5.11 Å². The van der Waals surface area contributed by atoms with Gasteiger partial charge in [-0.05, 0) is 12.1 Å². The third-order valence-corrected chi connectivity index (χ3v) is 0.937. The first kappa shape index (κ1) is 7.78. The first-order valence-corrected chi connectivity index (χ1v) is 2.34. The van der Waals surface area contributed by atoms with Crippen molar-refractivity contribution in [2.24, 2.45) is 0 Å². The van der Waals surface area contributed by atoms with E-state index in [0.717, 1.165) is 0 Å². The lowest BCUT2D eigenvalue weighted by Crippen LogP contribution is -1.82. The molecule has 9 heavy (non-hydrogen) atoms. The lowest BCUT2D eigenvalue weighted by molar-refractivity contribution is 0.478. The Morgan fingerprint density at radius 1 is 1.22 bits per heavy atom. The summed E-state index contributed by atoms with van der Waals surface area (Å²) in [5.74, 6) is 0.146. The Kier molecular flexibility index (Phi) is 2.54. The van der Waals surface area contributed by atoms with Gasteiger partial charge in [0.15, 0.2) is 0 Å². The highest BCUT2D eigenvalue weighted by atomic mass is 16.3. The molecule has 1 aromatic carbocycles. The maximum absolute atomic E-state index is 8.79. The van der Waals surface area contributed by atoms with Gasteiger partial charge < -0.3 is 17.0 Å². The molecule has 3 heteroatoms. The Hall–Kier alpha value is -1.22. The van der Waals surface area contributed by atoms with Crippen LogP contribution in [0.3, 0.4) is 0 Å². The Labute approximate surface area is 53.7 Å². The van der Waals surface area contributed by atoms with Crippen LogP contribution in [0.1, 0.15) is 0 Å². The Morgan fingerprint density at radius 3 is 2.11 bits per heavy atom. The largest absolute Gasteiger partial charge is 0.506 e. The number of phenols is 1. The Bertz CT molecular complexity index is 167. The smallest absolute Gasteiger partial charge is 0.138 e. The molecule has 0 amide bonds. The summed E-state index contributed by atoms with van der Waals surface area (Å²) in [6, 6.07) is 6.70. The van der Waals surface area contributed by atoms with E-state index >= 15 is 0 Å². The fourth-order valence-electron chi connectivity index (χ4n) is 0.488. The van der Waals surface area contributed by atoms with Crippen molar-refractivity contribution in [1.29, 1.82) is 0 Å². The van der Waals surface area contributed by atoms with Gasteiger partial charge in [0.1, 0.15) is 5.75 Å². The monoisotopic (exact) mass is 126 g/mol. The van der Waals surface area contributed by atoms with Crippen molar-refractivity contribution in [3.05, 3.63) is 24.3 Å². The van der Waals surface area contributed by atoms with Gasteiger partial charge in [-0.25, -0.2) is 0 Å². The zero-order valence-corrected chi connectivity index (χ0v) is 5.04. The molecule has 0 aliphatic heterocycles. The molecule has 0 saturated carbocycles. The van der Waals surface area contributed by atoms with Crippen LogP contribution in [0.5, 0.6) is 5.75 Å². The summed E-state index contributed by atoms with van der Waals surface area (Å²) in [6.07, 6.45) is 0. The number of hydrogen-bond acceptors (Lipinski definition) is 3. The summed E-state index contributed by atoms with van der Waals surface area (Å²) in [6.45, 7) is 0. The first-order chi connectivity index (χ1) is 3.80. The normalized spacial score (nSPS) is 8.00. The van der Waals surface area contributed by atoms with E-state index in [1.54, 1.807) is 24.3 Å². The third-order valence-electron chi connectivity index (χ3n) is 0.937. The van der Waals surface area contributed by atoms with Gasteiger partial charge in [0.05, 0.1) is 5.69 Å². The van der Waals surface area contributed by atoms with Crippen molar-refractivity contribution in [2.45, 2.75) is 0 Å². The molecular formula is C6H10N2O. The topological polar surface area (TPSA) is 81.2 Å². The van der Waals surface area contributed by atoms with Crippen LogP contribution in [0, 0.1) is 0 Å². The molecule has 6 N–H and O–H groups in total. The van der Waals surface area contributed by atoms with Gasteiger partial charge in [0.25, 0.3) is 0 Å². The van der Waals surface area contributed by atoms with E-state index < -0.39 is 0 Å². The summed E-state index contributed by atoms with van der Waals surface area (Å²) < 4.78 is 0. The lowest BCUT2D eigenvalue weighted by atomic mass is 10.3. The van der Waals surface area contributed by atoms with Crippen molar-refractivity contribution in [2.75, 3.05) is 5.73 Å². The van der Waals surface area contributed by atoms with Crippen molar-refractivity contribution >= 4 is 5.69 Å². The van der Waals surface area contributed by atoms with Crippen molar-refractivity contribution in [3.8, 4) is 5.75 Å². The maximum atomic E-state index is 8.79. The van der Waals surface area contributed by atoms with Gasteiger partial charge in [0.2, 0.25) is 0 Å². The van der Waals surface area contributed by atoms with Crippen LogP contribution in [0.2, 0.25) is 0 Å². The second kappa shape index (κ2) is 2.94. The molecule has 0 atom stereocenters. The summed E-state index contributed by atoms with van der Waals surface area (Å²) in [5, 5.41) is 8.79. The fraction of sp³-hybridized carbons (Fsp3) is 0. The number of rotatable bonds is 0. The van der Waals surface area contributed by atoms with E-state index in [2.05, 4.69) is 0 Å². The molecular weight excluding hydrogens is 116 g/mol. The number of anilines is 1. The minimum Gasteiger partial charge on any atom is -0.506 e. The van der Waals surface area contributed by atoms with Gasteiger partial charge in [-0.3, -0.25) is 0 Å². The van der Waals surface area contributed by atoms with Gasteiger partial charge in [0, 0.05) is 0 Å². The molecule has 0 aliphatic carbocycles. The van der Waals surface area contributed by atoms with Crippen molar-refractivity contribution in [1.82, 2.24) is 6.15 Å². The zero-order chi connectivity index (χ0) is 5.98. The third kappa shape index (κ3) is 1.62. The van der Waals surface area contributed by atoms with Crippen LogP contribution < -0.4 is 11.9 Å². The van der Waals surface area contributed by atoms with Crippen LogP contribution in [0.4, 0.5) is 5.69 Å². The molecule has 0 radical (unpaired) electrons. The minimum absolute atomic E-state index is 0. The average molecular weight is 126 g/mol. The first-order valence-electron chi connectivity index (χ1n) is 2.34. The van der Waals surface area contributed by atoms with E-state index in [9.17, 15) is 0 Å². The van der Waals surface area contributed by atoms with E-state index in [1.807, 2.05) is 0 Å². The van der Waals surface area contributed by atoms with E-state index in [4.69, 9.17) is 10.8 Å². The quantitative estimate of drug-likeness (QED) is 0.360. The number of nitrogen functional groups attached to an aromatic ring is 1. The highest BCUT2D eigenvalue weighted by molar-refractivity contribution is 5.50. The van der Waals surface area contributed by atoms with Crippen LogP contribution in [0.15, 0.2) is 24.3 Å². The minimum atomic E-state index is 0. The molecule has 1 aromatic rings. The van der Waals surface area contributed by atoms with Crippen molar-refractivity contribution in [3.63, 3.8) is 0 Å². The standard InChI is InChI=1S/C6H7NO.H3N/c7-5-3-1-2-4-6(5)8;/h1-4,8H,7H2;1H3. The molecule has 0 bridgehead atoms. The number of para-hydroxylation sites is 2. The molecule has 50 valence electrons. The van der Waals surface area contributed by atoms with Crippen LogP contribution >= 0.6 is 0 Å². The van der Waals surface area contributed by atoms with Gasteiger partial charge in [-0.15, -0.1) is 0 Å². The van der Waals surface area contributed by atoms with E-state index in [-0.39, 0.29) is 11.9 Å². The van der Waals surface area contributed by atoms with Gasteiger partial charge >= 0.3 is 0 Å². The Balaban J connectivity index is 0.000000640. The van der Waals surface area contributed by atoms with Gasteiger partial charge in [-0.2, -0.15) is 0 Å². The average Bonchev–Trinajstić information content (AvgIpc) is 1.77. The second-order valence-corrected chi connectivity index (χ2v) is 1.56. The second-order valence-electron chi connectivity index (χ2n) is 1.56.